The van der Waals surface area contributed by atoms with Gasteiger partial charge in [-0.25, -0.2) is 0 Å². The fourth-order valence-electron chi connectivity index (χ4n) is 6.68. The Balaban J connectivity index is 1.20. The SMILES string of the molecule is O=C(N[C@H](C(=O)N1CCC[C@H]1C(=O)N1CCO[C@H](c2ccccc2)C1)C1CCNCC1)c1cc2cc(C(F)(F)P(=O)(O)O)ccc2s1. The summed E-state index contributed by atoms with van der Waals surface area (Å²) in [5.41, 5.74) is -4.26. The first-order valence-electron chi connectivity index (χ1n) is 15.7. The molecular formula is C32H37F2N4O7PS. The van der Waals surface area contributed by atoms with Crippen molar-refractivity contribution in [1.29, 1.82) is 0 Å². The number of morpholine rings is 1. The molecule has 0 saturated carbocycles. The molecule has 0 aliphatic carbocycles. The van der Waals surface area contributed by atoms with Gasteiger partial charge in [0.2, 0.25) is 11.8 Å². The standard InChI is InChI=1S/C32H37F2N4O7PS/c33-32(34,46(42,43)44)23-8-9-26-22(17-23)18-27(47-26)29(39)36-28(21-10-12-35-13-11-21)31(41)38-14-4-7-24(38)30(40)37-15-16-45-25(19-37)20-5-2-1-3-6-20/h1-3,5-6,8-9,17-18,21,24-25,28,35H,4,7,10-16,19H2,(H,36,39)(H2,42,43,44)/t24-,25-,28-/m0/s1. The molecular weight excluding hydrogens is 653 g/mol. The number of benzene rings is 2. The van der Waals surface area contributed by atoms with Crippen LogP contribution < -0.4 is 10.6 Å². The number of halogens is 2. The Morgan fingerprint density at radius 2 is 1.79 bits per heavy atom. The van der Waals surface area contributed by atoms with Crippen molar-refractivity contribution in [1.82, 2.24) is 20.4 Å². The van der Waals surface area contributed by atoms with Gasteiger partial charge in [-0.3, -0.25) is 18.9 Å². The van der Waals surface area contributed by atoms with Crippen molar-refractivity contribution in [3.05, 3.63) is 70.6 Å². The van der Waals surface area contributed by atoms with Gasteiger partial charge in [0, 0.05) is 23.4 Å². The first-order valence-corrected chi connectivity index (χ1v) is 18.1. The van der Waals surface area contributed by atoms with Crippen LogP contribution in [0.4, 0.5) is 8.78 Å². The van der Waals surface area contributed by atoms with E-state index in [9.17, 15) is 27.7 Å². The summed E-state index contributed by atoms with van der Waals surface area (Å²) in [5.74, 6) is -1.20. The topological polar surface area (TPSA) is 149 Å². The molecule has 3 amide bonds. The van der Waals surface area contributed by atoms with Crippen LogP contribution in [0.2, 0.25) is 0 Å². The van der Waals surface area contributed by atoms with Crippen molar-refractivity contribution in [3.63, 3.8) is 0 Å². The molecule has 15 heteroatoms. The van der Waals surface area contributed by atoms with Crippen LogP contribution in [-0.4, -0.2) is 88.7 Å². The first kappa shape index (κ1) is 33.6. The molecule has 0 radical (unpaired) electrons. The Bertz CT molecular complexity index is 1680. The molecule has 3 aromatic rings. The van der Waals surface area contributed by atoms with Crippen LogP contribution in [0.5, 0.6) is 0 Å². The molecule has 3 atom stereocenters. The minimum atomic E-state index is -5.77. The highest BCUT2D eigenvalue weighted by Crippen LogP contribution is 2.59. The number of amides is 3. The second-order valence-electron chi connectivity index (χ2n) is 12.2. The van der Waals surface area contributed by atoms with Crippen molar-refractivity contribution in [3.8, 4) is 0 Å². The third kappa shape index (κ3) is 6.99. The molecule has 4 heterocycles. The lowest BCUT2D eigenvalue weighted by Crippen LogP contribution is -2.58. The zero-order chi connectivity index (χ0) is 33.3. The van der Waals surface area contributed by atoms with E-state index in [1.165, 1.54) is 12.1 Å². The number of carbonyl (C=O) groups excluding carboxylic acids is 3. The number of rotatable bonds is 8. The van der Waals surface area contributed by atoms with E-state index in [1.807, 2.05) is 30.3 Å². The number of carbonyl (C=O) groups is 3. The molecule has 3 saturated heterocycles. The Kier molecular flexibility index (Phi) is 9.80. The summed E-state index contributed by atoms with van der Waals surface area (Å²) in [6, 6.07) is 12.7. The van der Waals surface area contributed by atoms with Crippen molar-refractivity contribution >= 4 is 46.7 Å². The highest BCUT2D eigenvalue weighted by molar-refractivity contribution is 7.52. The maximum atomic E-state index is 14.4. The largest absolute Gasteiger partial charge is 0.399 e. The van der Waals surface area contributed by atoms with E-state index in [-0.39, 0.29) is 34.1 Å². The average Bonchev–Trinajstić information content (AvgIpc) is 3.74. The molecule has 47 heavy (non-hydrogen) atoms. The minimum absolute atomic E-state index is 0.136. The summed E-state index contributed by atoms with van der Waals surface area (Å²) >= 11 is 1.03. The molecule has 6 rings (SSSR count). The molecule has 4 N–H and O–H groups in total. The van der Waals surface area contributed by atoms with Crippen LogP contribution in [0.3, 0.4) is 0 Å². The third-order valence-electron chi connectivity index (χ3n) is 9.23. The second-order valence-corrected chi connectivity index (χ2v) is 15.0. The summed E-state index contributed by atoms with van der Waals surface area (Å²) in [5, 5.41) is 6.41. The van der Waals surface area contributed by atoms with Gasteiger partial charge in [0.1, 0.15) is 18.2 Å². The van der Waals surface area contributed by atoms with Gasteiger partial charge in [0.15, 0.2) is 0 Å². The minimum Gasteiger partial charge on any atom is -0.370 e. The lowest BCUT2D eigenvalue weighted by molar-refractivity contribution is -0.150. The number of hydrogen-bond acceptors (Lipinski definition) is 7. The van der Waals surface area contributed by atoms with Gasteiger partial charge in [0.25, 0.3) is 5.91 Å². The third-order valence-corrected chi connectivity index (χ3v) is 11.3. The Morgan fingerprint density at radius 1 is 1.04 bits per heavy atom. The maximum absolute atomic E-state index is 14.4. The van der Waals surface area contributed by atoms with E-state index in [0.717, 1.165) is 29.0 Å². The molecule has 1 aromatic heterocycles. The van der Waals surface area contributed by atoms with Gasteiger partial charge in [0.05, 0.1) is 18.0 Å². The van der Waals surface area contributed by atoms with Crippen molar-refractivity contribution in [2.24, 2.45) is 5.92 Å². The molecule has 0 unspecified atom stereocenters. The summed E-state index contributed by atoms with van der Waals surface area (Å²) in [6.07, 6.45) is 2.18. The van der Waals surface area contributed by atoms with Gasteiger partial charge in [-0.2, -0.15) is 8.78 Å². The van der Waals surface area contributed by atoms with Crippen LogP contribution in [0.25, 0.3) is 10.1 Å². The summed E-state index contributed by atoms with van der Waals surface area (Å²) in [4.78, 5) is 63.6. The van der Waals surface area contributed by atoms with Crippen molar-refractivity contribution in [2.45, 2.75) is 49.5 Å². The second kappa shape index (κ2) is 13.7. The maximum Gasteiger partial charge on any atom is 0.399 e. The summed E-state index contributed by atoms with van der Waals surface area (Å²) < 4.78 is 46.5. The predicted molar refractivity (Wildman–Crippen MR) is 171 cm³/mol. The molecule has 2 aromatic carbocycles. The number of thiophene rings is 1. The smallest absolute Gasteiger partial charge is 0.370 e. The number of alkyl halides is 2. The summed E-state index contributed by atoms with van der Waals surface area (Å²) in [6.45, 7) is 2.90. The number of ether oxygens (including phenoxy) is 1. The van der Waals surface area contributed by atoms with Gasteiger partial charge in [-0.15, -0.1) is 11.3 Å². The van der Waals surface area contributed by atoms with Gasteiger partial charge in [-0.05, 0) is 73.8 Å². The number of nitrogens with zero attached hydrogens (tertiary/aromatic N) is 2. The molecule has 11 nitrogen and oxygen atoms in total. The normalized spacial score (nSPS) is 22.0. The quantitative estimate of drug-likeness (QED) is 0.261. The molecule has 0 bridgehead atoms. The first-order chi connectivity index (χ1) is 22.4. The lowest BCUT2D eigenvalue weighted by Gasteiger charge is -2.38. The number of nitrogens with one attached hydrogen (secondary N) is 2. The Morgan fingerprint density at radius 3 is 2.51 bits per heavy atom. The molecule has 3 aliphatic rings. The Hall–Kier alpha value is -3.26. The van der Waals surface area contributed by atoms with Crippen LogP contribution in [-0.2, 0) is 24.6 Å². The van der Waals surface area contributed by atoms with E-state index < -0.39 is 36.8 Å². The van der Waals surface area contributed by atoms with Crippen LogP contribution in [0.15, 0.2) is 54.6 Å². The van der Waals surface area contributed by atoms with E-state index in [0.29, 0.717) is 69.7 Å². The van der Waals surface area contributed by atoms with Crippen LogP contribution in [0.1, 0.15) is 52.6 Å². The van der Waals surface area contributed by atoms with E-state index >= 15 is 0 Å². The van der Waals surface area contributed by atoms with Crippen molar-refractivity contribution in [2.75, 3.05) is 39.3 Å². The number of hydrogen-bond donors (Lipinski definition) is 4. The number of likely N-dealkylation sites (tertiary alicyclic amines) is 1. The van der Waals surface area contributed by atoms with Crippen LogP contribution in [0, 0.1) is 5.92 Å². The van der Waals surface area contributed by atoms with E-state index in [4.69, 9.17) is 14.5 Å². The van der Waals surface area contributed by atoms with Gasteiger partial charge >= 0.3 is 13.3 Å². The lowest BCUT2D eigenvalue weighted by atomic mass is 9.89. The predicted octanol–water partition coefficient (Wildman–Crippen LogP) is 3.82. The van der Waals surface area contributed by atoms with Gasteiger partial charge < -0.3 is 35.0 Å². The monoisotopic (exact) mass is 690 g/mol. The zero-order valence-electron chi connectivity index (χ0n) is 25.5. The molecule has 252 valence electrons. The van der Waals surface area contributed by atoms with Crippen LogP contribution >= 0.6 is 18.9 Å². The fourth-order valence-corrected chi connectivity index (χ4v) is 8.10. The average molecular weight is 691 g/mol. The number of piperidine rings is 1. The highest BCUT2D eigenvalue weighted by atomic mass is 32.1. The summed E-state index contributed by atoms with van der Waals surface area (Å²) in [7, 11) is -5.77. The van der Waals surface area contributed by atoms with Gasteiger partial charge in [-0.1, -0.05) is 36.4 Å². The molecule has 3 fully saturated rings. The van der Waals surface area contributed by atoms with Crippen molar-refractivity contribution < 1.29 is 42.3 Å². The molecule has 3 aliphatic heterocycles. The zero-order valence-corrected chi connectivity index (χ0v) is 27.2. The molecule has 0 spiro atoms. The highest BCUT2D eigenvalue weighted by Gasteiger charge is 2.50. The number of fused-ring (bicyclic) bond motifs is 1. The fraction of sp³-hybridized carbons (Fsp3) is 0.469. The van der Waals surface area contributed by atoms with E-state index in [1.54, 1.807) is 9.80 Å². The Labute approximate surface area is 274 Å². The van der Waals surface area contributed by atoms with E-state index in [2.05, 4.69) is 10.6 Å².